The Morgan fingerprint density at radius 2 is 2.62 bits per heavy atom. The molecule has 0 aromatic carbocycles. The molecule has 0 spiro atoms. The predicted octanol–water partition coefficient (Wildman–Crippen LogP) is 2.39. The lowest BCUT2D eigenvalue weighted by Crippen LogP contribution is -1.60. The van der Waals surface area contributed by atoms with Gasteiger partial charge < -0.3 is 0 Å². The second kappa shape index (κ2) is 2.77. The van der Waals surface area contributed by atoms with Gasteiger partial charge in [-0.1, -0.05) is 22.6 Å². The van der Waals surface area contributed by atoms with E-state index in [1.54, 1.807) is 11.3 Å². The van der Waals surface area contributed by atoms with E-state index in [1.807, 2.05) is 13.1 Å². The molecule has 3 heteroatoms. The number of aryl methyl sites for hydroxylation is 1. The summed E-state index contributed by atoms with van der Waals surface area (Å²) in [4.78, 5) is 5.47. The number of nitrogens with zero attached hydrogens (tertiary/aromatic N) is 1. The van der Waals surface area contributed by atoms with Crippen LogP contribution in [0.15, 0.2) is 6.20 Å². The van der Waals surface area contributed by atoms with Crippen LogP contribution >= 0.6 is 33.9 Å². The molecule has 0 saturated heterocycles. The molecule has 1 rings (SSSR count). The van der Waals surface area contributed by atoms with Crippen molar-refractivity contribution in [2.75, 3.05) is 0 Å². The highest BCUT2D eigenvalue weighted by Crippen LogP contribution is 2.14. The SMILES string of the molecule is Cc1ncc(CI)s1. The van der Waals surface area contributed by atoms with E-state index in [0.29, 0.717) is 0 Å². The number of thiazole rings is 1. The molecule has 0 bridgehead atoms. The first-order valence-electron chi connectivity index (χ1n) is 2.30. The molecule has 0 saturated carbocycles. The molecule has 0 aliphatic heterocycles. The second-order valence-corrected chi connectivity index (χ2v) is 3.56. The molecular formula is C5H6INS. The lowest BCUT2D eigenvalue weighted by molar-refractivity contribution is 1.28. The van der Waals surface area contributed by atoms with E-state index in [1.165, 1.54) is 4.88 Å². The first kappa shape index (κ1) is 6.48. The summed E-state index contributed by atoms with van der Waals surface area (Å²) < 4.78 is 1.09. The van der Waals surface area contributed by atoms with Gasteiger partial charge in [-0.3, -0.25) is 0 Å². The van der Waals surface area contributed by atoms with Gasteiger partial charge in [-0.25, -0.2) is 4.98 Å². The summed E-state index contributed by atoms with van der Waals surface area (Å²) in [5.41, 5.74) is 0. The minimum atomic E-state index is 1.09. The van der Waals surface area contributed by atoms with Gasteiger partial charge in [0.15, 0.2) is 0 Å². The molecule has 1 aromatic heterocycles. The summed E-state index contributed by atoms with van der Waals surface area (Å²) in [6, 6.07) is 0. The van der Waals surface area contributed by atoms with Gasteiger partial charge in [0.25, 0.3) is 0 Å². The summed E-state index contributed by atoms with van der Waals surface area (Å²) in [5.74, 6) is 0. The normalized spacial score (nSPS) is 9.75. The minimum absolute atomic E-state index is 1.09. The molecule has 44 valence electrons. The zero-order valence-electron chi connectivity index (χ0n) is 4.52. The number of hydrogen-bond donors (Lipinski definition) is 0. The quantitative estimate of drug-likeness (QED) is 0.541. The van der Waals surface area contributed by atoms with E-state index in [0.717, 1.165) is 9.44 Å². The second-order valence-electron chi connectivity index (χ2n) is 1.48. The van der Waals surface area contributed by atoms with E-state index >= 15 is 0 Å². The Labute approximate surface area is 66.3 Å². The number of alkyl halides is 1. The van der Waals surface area contributed by atoms with Crippen molar-refractivity contribution in [2.45, 2.75) is 11.4 Å². The van der Waals surface area contributed by atoms with Gasteiger partial charge in [-0.05, 0) is 6.92 Å². The van der Waals surface area contributed by atoms with Crippen LogP contribution < -0.4 is 0 Å². The Morgan fingerprint density at radius 1 is 1.88 bits per heavy atom. The smallest absolute Gasteiger partial charge is 0.0897 e. The summed E-state index contributed by atoms with van der Waals surface area (Å²) in [6.45, 7) is 2.03. The molecule has 1 nitrogen and oxygen atoms in total. The molecule has 1 aromatic rings. The Morgan fingerprint density at radius 3 is 2.88 bits per heavy atom. The zero-order chi connectivity index (χ0) is 5.98. The summed E-state index contributed by atoms with van der Waals surface area (Å²) in [7, 11) is 0. The summed E-state index contributed by atoms with van der Waals surface area (Å²) in [5, 5.41) is 1.16. The standard InChI is InChI=1S/C5H6INS/c1-4-7-3-5(2-6)8-4/h3H,2H2,1H3. The molecule has 0 atom stereocenters. The fourth-order valence-corrected chi connectivity index (χ4v) is 1.78. The lowest BCUT2D eigenvalue weighted by atomic mass is 10.6. The Hall–Kier alpha value is 0.360. The molecule has 0 aliphatic rings. The molecule has 0 aliphatic carbocycles. The van der Waals surface area contributed by atoms with Gasteiger partial charge in [0, 0.05) is 15.5 Å². The summed E-state index contributed by atoms with van der Waals surface area (Å²) >= 11 is 4.11. The van der Waals surface area contributed by atoms with Crippen molar-refractivity contribution in [3.63, 3.8) is 0 Å². The molecule has 0 unspecified atom stereocenters. The van der Waals surface area contributed by atoms with Crippen LogP contribution in [0.4, 0.5) is 0 Å². The highest BCUT2D eigenvalue weighted by Gasteiger charge is 1.92. The third-order valence-electron chi connectivity index (χ3n) is 0.801. The fraction of sp³-hybridized carbons (Fsp3) is 0.400. The van der Waals surface area contributed by atoms with Crippen molar-refractivity contribution in [1.29, 1.82) is 0 Å². The lowest BCUT2D eigenvalue weighted by Gasteiger charge is -1.76. The van der Waals surface area contributed by atoms with Crippen molar-refractivity contribution in [1.82, 2.24) is 4.98 Å². The van der Waals surface area contributed by atoms with Gasteiger partial charge in [-0.2, -0.15) is 0 Å². The highest BCUT2D eigenvalue weighted by molar-refractivity contribution is 14.1. The maximum atomic E-state index is 4.10. The van der Waals surface area contributed by atoms with Crippen LogP contribution in [0.25, 0.3) is 0 Å². The van der Waals surface area contributed by atoms with Crippen molar-refractivity contribution >= 4 is 33.9 Å². The summed E-state index contributed by atoms with van der Waals surface area (Å²) in [6.07, 6.45) is 1.94. The molecule has 0 amide bonds. The minimum Gasteiger partial charge on any atom is -0.250 e. The number of halogens is 1. The van der Waals surface area contributed by atoms with Crippen molar-refractivity contribution in [2.24, 2.45) is 0 Å². The molecule has 1 heterocycles. The monoisotopic (exact) mass is 239 g/mol. The van der Waals surface area contributed by atoms with Gasteiger partial charge in [0.05, 0.1) is 5.01 Å². The maximum Gasteiger partial charge on any atom is 0.0897 e. The first-order chi connectivity index (χ1) is 3.83. The zero-order valence-corrected chi connectivity index (χ0v) is 7.49. The largest absolute Gasteiger partial charge is 0.250 e. The molecule has 8 heavy (non-hydrogen) atoms. The highest BCUT2D eigenvalue weighted by atomic mass is 127. The van der Waals surface area contributed by atoms with Gasteiger partial charge >= 0.3 is 0 Å². The topological polar surface area (TPSA) is 12.9 Å². The van der Waals surface area contributed by atoms with Gasteiger partial charge in [0.1, 0.15) is 0 Å². The van der Waals surface area contributed by atoms with Crippen LogP contribution in [-0.4, -0.2) is 4.98 Å². The fourth-order valence-electron chi connectivity index (χ4n) is 0.467. The van der Waals surface area contributed by atoms with E-state index < -0.39 is 0 Å². The Bertz CT molecular complexity index is 173. The van der Waals surface area contributed by atoms with Gasteiger partial charge in [0.2, 0.25) is 0 Å². The van der Waals surface area contributed by atoms with Crippen LogP contribution in [-0.2, 0) is 4.43 Å². The number of rotatable bonds is 1. The van der Waals surface area contributed by atoms with Crippen molar-refractivity contribution in [3.8, 4) is 0 Å². The molecule has 0 fully saturated rings. The van der Waals surface area contributed by atoms with Crippen molar-refractivity contribution in [3.05, 3.63) is 16.1 Å². The molecular weight excluding hydrogens is 233 g/mol. The van der Waals surface area contributed by atoms with Crippen molar-refractivity contribution < 1.29 is 0 Å². The third kappa shape index (κ3) is 1.42. The number of hydrogen-bond acceptors (Lipinski definition) is 2. The first-order valence-corrected chi connectivity index (χ1v) is 4.64. The Balaban J connectivity index is 2.84. The van der Waals surface area contributed by atoms with E-state index in [9.17, 15) is 0 Å². The van der Waals surface area contributed by atoms with Crippen LogP contribution in [0.5, 0.6) is 0 Å². The number of aromatic nitrogens is 1. The van der Waals surface area contributed by atoms with E-state index in [-0.39, 0.29) is 0 Å². The molecule has 0 radical (unpaired) electrons. The predicted molar refractivity (Wildman–Crippen MR) is 44.6 cm³/mol. The van der Waals surface area contributed by atoms with Crippen LogP contribution in [0, 0.1) is 6.92 Å². The average Bonchev–Trinajstić information content (AvgIpc) is 2.14. The van der Waals surface area contributed by atoms with E-state index in [4.69, 9.17) is 0 Å². The average molecular weight is 239 g/mol. The molecule has 0 N–H and O–H groups in total. The van der Waals surface area contributed by atoms with E-state index in [2.05, 4.69) is 27.6 Å². The Kier molecular flexibility index (Phi) is 2.25. The third-order valence-corrected chi connectivity index (χ3v) is 3.05. The van der Waals surface area contributed by atoms with Crippen LogP contribution in [0.3, 0.4) is 0 Å². The van der Waals surface area contributed by atoms with Crippen LogP contribution in [0.2, 0.25) is 0 Å². The maximum absolute atomic E-state index is 4.10. The van der Waals surface area contributed by atoms with Gasteiger partial charge in [-0.15, -0.1) is 11.3 Å². The van der Waals surface area contributed by atoms with Crippen LogP contribution in [0.1, 0.15) is 9.88 Å².